The summed E-state index contributed by atoms with van der Waals surface area (Å²) in [6.07, 6.45) is 0.654. The van der Waals surface area contributed by atoms with E-state index in [0.29, 0.717) is 16.5 Å². The molecule has 0 unspecified atom stereocenters. The highest BCUT2D eigenvalue weighted by molar-refractivity contribution is 7.22. The molecule has 2 heterocycles. The third kappa shape index (κ3) is 3.58. The number of halogens is 1. The lowest BCUT2D eigenvalue weighted by Gasteiger charge is -2.23. The van der Waals surface area contributed by atoms with Gasteiger partial charge in [-0.15, -0.1) is 11.3 Å². The summed E-state index contributed by atoms with van der Waals surface area (Å²) in [4.78, 5) is 28.8. The molecule has 0 spiro atoms. The molecule has 2 atom stereocenters. The third-order valence-corrected chi connectivity index (χ3v) is 5.86. The molecule has 0 fully saturated rings. The monoisotopic (exact) mass is 403 g/mol. The standard InChI is InChI=1S/C19H18ClN3O3S/c1-26-9-16(24)23-17-12-5-3-2-4-10(12)6-13(17)21-18(25)14-7-11-8-15(20)27-19(11)22-14/h2-5,7-8,13,17,22H,6,9H2,1H3,(H,21,25)(H,23,24)/t13-,17+/m1/s1. The first-order chi connectivity index (χ1) is 13.0. The van der Waals surface area contributed by atoms with Crippen LogP contribution in [0.1, 0.15) is 27.7 Å². The fourth-order valence-electron chi connectivity index (χ4n) is 3.51. The fourth-order valence-corrected chi connectivity index (χ4v) is 4.64. The molecule has 140 valence electrons. The third-order valence-electron chi connectivity index (χ3n) is 4.66. The van der Waals surface area contributed by atoms with E-state index in [4.69, 9.17) is 16.3 Å². The van der Waals surface area contributed by atoms with E-state index < -0.39 is 0 Å². The maximum absolute atomic E-state index is 12.8. The summed E-state index contributed by atoms with van der Waals surface area (Å²) in [7, 11) is 1.48. The predicted molar refractivity (Wildman–Crippen MR) is 105 cm³/mol. The molecular weight excluding hydrogens is 386 g/mol. The summed E-state index contributed by atoms with van der Waals surface area (Å²) in [5.74, 6) is -0.424. The van der Waals surface area contributed by atoms with E-state index in [1.54, 1.807) is 6.07 Å². The van der Waals surface area contributed by atoms with Crippen LogP contribution in [0.3, 0.4) is 0 Å². The second kappa shape index (κ2) is 7.34. The van der Waals surface area contributed by atoms with Crippen LogP contribution in [0, 0.1) is 0 Å². The Labute approximate surface area is 164 Å². The highest BCUT2D eigenvalue weighted by atomic mass is 35.5. The molecule has 1 aliphatic rings. The van der Waals surface area contributed by atoms with Gasteiger partial charge in [0.2, 0.25) is 5.91 Å². The van der Waals surface area contributed by atoms with Crippen LogP contribution in [0.15, 0.2) is 36.4 Å². The molecule has 0 saturated heterocycles. The van der Waals surface area contributed by atoms with E-state index in [-0.39, 0.29) is 30.5 Å². The van der Waals surface area contributed by atoms with Crippen LogP contribution >= 0.6 is 22.9 Å². The average molecular weight is 404 g/mol. The van der Waals surface area contributed by atoms with Crippen molar-refractivity contribution in [2.75, 3.05) is 13.7 Å². The van der Waals surface area contributed by atoms with Crippen molar-refractivity contribution in [2.45, 2.75) is 18.5 Å². The van der Waals surface area contributed by atoms with Crippen LogP contribution in [0.2, 0.25) is 4.34 Å². The lowest BCUT2D eigenvalue weighted by atomic mass is 10.1. The molecule has 0 saturated carbocycles. The van der Waals surface area contributed by atoms with Crippen molar-refractivity contribution in [3.8, 4) is 0 Å². The molecule has 0 bridgehead atoms. The van der Waals surface area contributed by atoms with Crippen LogP contribution in [-0.2, 0) is 16.0 Å². The molecule has 6 nitrogen and oxygen atoms in total. The quantitative estimate of drug-likeness (QED) is 0.612. The summed E-state index contributed by atoms with van der Waals surface area (Å²) in [5, 5.41) is 6.93. The maximum Gasteiger partial charge on any atom is 0.268 e. The number of amides is 2. The van der Waals surface area contributed by atoms with Gasteiger partial charge in [0.25, 0.3) is 5.91 Å². The Balaban J connectivity index is 1.54. The van der Waals surface area contributed by atoms with Gasteiger partial charge in [0.05, 0.1) is 16.4 Å². The van der Waals surface area contributed by atoms with E-state index >= 15 is 0 Å². The zero-order valence-electron chi connectivity index (χ0n) is 14.5. The summed E-state index contributed by atoms with van der Waals surface area (Å²) >= 11 is 7.38. The molecular formula is C19H18ClN3O3S. The molecule has 1 aromatic carbocycles. The number of fused-ring (bicyclic) bond motifs is 2. The molecule has 0 radical (unpaired) electrons. The molecule has 4 rings (SSSR count). The number of aromatic nitrogens is 1. The van der Waals surface area contributed by atoms with Crippen LogP contribution in [0.4, 0.5) is 0 Å². The van der Waals surface area contributed by atoms with Crippen molar-refractivity contribution in [1.29, 1.82) is 0 Å². The number of aromatic amines is 1. The predicted octanol–water partition coefficient (Wildman–Crippen LogP) is 3.04. The van der Waals surface area contributed by atoms with E-state index in [0.717, 1.165) is 21.3 Å². The van der Waals surface area contributed by atoms with Gasteiger partial charge in [0.15, 0.2) is 0 Å². The number of hydrogen-bond donors (Lipinski definition) is 3. The lowest BCUT2D eigenvalue weighted by molar-refractivity contribution is -0.125. The highest BCUT2D eigenvalue weighted by Crippen LogP contribution is 2.32. The van der Waals surface area contributed by atoms with Gasteiger partial charge < -0.3 is 20.4 Å². The van der Waals surface area contributed by atoms with Crippen LogP contribution in [-0.4, -0.2) is 36.6 Å². The number of rotatable bonds is 5. The molecule has 3 N–H and O–H groups in total. The van der Waals surface area contributed by atoms with Gasteiger partial charge in [-0.05, 0) is 29.7 Å². The second-order valence-electron chi connectivity index (χ2n) is 6.48. The number of methoxy groups -OCH3 is 1. The van der Waals surface area contributed by atoms with Crippen molar-refractivity contribution in [3.05, 3.63) is 57.6 Å². The van der Waals surface area contributed by atoms with E-state index in [1.165, 1.54) is 18.4 Å². The Morgan fingerprint density at radius 1 is 1.30 bits per heavy atom. The Bertz CT molecular complexity index is 981. The van der Waals surface area contributed by atoms with Gasteiger partial charge in [0.1, 0.15) is 17.1 Å². The van der Waals surface area contributed by atoms with Crippen molar-refractivity contribution in [3.63, 3.8) is 0 Å². The Kier molecular flexibility index (Phi) is 4.90. The van der Waals surface area contributed by atoms with Gasteiger partial charge in [-0.25, -0.2) is 0 Å². The first-order valence-corrected chi connectivity index (χ1v) is 9.69. The maximum atomic E-state index is 12.8. The number of H-pyrrole nitrogens is 1. The normalized spacial score (nSPS) is 18.4. The van der Waals surface area contributed by atoms with Gasteiger partial charge in [-0.3, -0.25) is 9.59 Å². The highest BCUT2D eigenvalue weighted by Gasteiger charge is 2.34. The van der Waals surface area contributed by atoms with Gasteiger partial charge >= 0.3 is 0 Å². The number of benzene rings is 1. The number of carbonyl (C=O) groups is 2. The fraction of sp³-hybridized carbons (Fsp3) is 0.263. The minimum Gasteiger partial charge on any atom is -0.375 e. The number of carbonyl (C=O) groups excluding carboxylic acids is 2. The van der Waals surface area contributed by atoms with Gasteiger partial charge in [-0.1, -0.05) is 35.9 Å². The number of nitrogens with one attached hydrogen (secondary N) is 3. The minimum absolute atomic E-state index is 0.0208. The topological polar surface area (TPSA) is 83.2 Å². The smallest absolute Gasteiger partial charge is 0.268 e. The van der Waals surface area contributed by atoms with Crippen molar-refractivity contribution in [2.24, 2.45) is 0 Å². The van der Waals surface area contributed by atoms with E-state index in [9.17, 15) is 9.59 Å². The minimum atomic E-state index is -0.293. The van der Waals surface area contributed by atoms with Gasteiger partial charge in [0, 0.05) is 12.5 Å². The van der Waals surface area contributed by atoms with Crippen molar-refractivity contribution in [1.82, 2.24) is 15.6 Å². The zero-order chi connectivity index (χ0) is 19.0. The number of hydrogen-bond acceptors (Lipinski definition) is 4. The zero-order valence-corrected chi connectivity index (χ0v) is 16.1. The summed E-state index contributed by atoms with van der Waals surface area (Å²) in [6, 6.07) is 11.0. The van der Waals surface area contributed by atoms with E-state index in [1.807, 2.05) is 30.3 Å². The summed E-state index contributed by atoms with van der Waals surface area (Å²) < 4.78 is 5.58. The molecule has 1 aliphatic carbocycles. The van der Waals surface area contributed by atoms with Crippen molar-refractivity contribution >= 4 is 45.0 Å². The van der Waals surface area contributed by atoms with Crippen LogP contribution < -0.4 is 10.6 Å². The lowest BCUT2D eigenvalue weighted by Crippen LogP contribution is -2.45. The average Bonchev–Trinajstić information content (AvgIpc) is 3.27. The first-order valence-electron chi connectivity index (χ1n) is 8.50. The molecule has 2 aromatic heterocycles. The van der Waals surface area contributed by atoms with Crippen LogP contribution in [0.5, 0.6) is 0 Å². The molecule has 8 heteroatoms. The van der Waals surface area contributed by atoms with Gasteiger partial charge in [-0.2, -0.15) is 0 Å². The largest absolute Gasteiger partial charge is 0.375 e. The Hall–Kier alpha value is -2.35. The number of thiophene rings is 1. The van der Waals surface area contributed by atoms with Crippen LogP contribution in [0.25, 0.3) is 10.2 Å². The Morgan fingerprint density at radius 3 is 2.89 bits per heavy atom. The SMILES string of the molecule is COCC(=O)N[C@H]1c2ccccc2C[C@H]1NC(=O)c1cc2cc(Cl)sc2[nH]1. The molecule has 2 amide bonds. The molecule has 0 aliphatic heterocycles. The number of ether oxygens (including phenoxy) is 1. The summed E-state index contributed by atoms with van der Waals surface area (Å²) in [6.45, 7) is -0.0208. The summed E-state index contributed by atoms with van der Waals surface area (Å²) in [5.41, 5.74) is 2.61. The van der Waals surface area contributed by atoms with E-state index in [2.05, 4.69) is 15.6 Å². The Morgan fingerprint density at radius 2 is 2.11 bits per heavy atom. The molecule has 27 heavy (non-hydrogen) atoms. The molecule has 3 aromatic rings. The second-order valence-corrected chi connectivity index (χ2v) is 8.16. The van der Waals surface area contributed by atoms with Crippen molar-refractivity contribution < 1.29 is 14.3 Å². The first kappa shape index (κ1) is 18.0.